The number of aromatic nitrogens is 1. The van der Waals surface area contributed by atoms with Gasteiger partial charge in [0.1, 0.15) is 5.01 Å². The van der Waals surface area contributed by atoms with Gasteiger partial charge in [0.25, 0.3) is 0 Å². The Morgan fingerprint density at radius 2 is 1.80 bits per heavy atom. The van der Waals surface area contributed by atoms with Gasteiger partial charge in [-0.15, -0.1) is 11.3 Å². The van der Waals surface area contributed by atoms with Crippen LogP contribution >= 0.6 is 11.3 Å². The fourth-order valence-corrected chi connectivity index (χ4v) is 4.48. The largest absolute Gasteiger partial charge is 0.369 e. The van der Waals surface area contributed by atoms with Gasteiger partial charge in [0.05, 0.1) is 12.1 Å². The minimum atomic E-state index is 0.00365. The molecule has 0 atom stereocenters. The second-order valence-electron chi connectivity index (χ2n) is 7.88. The van der Waals surface area contributed by atoms with Gasteiger partial charge >= 0.3 is 0 Å². The van der Waals surface area contributed by atoms with Crippen LogP contribution in [0.3, 0.4) is 0 Å². The number of benzene rings is 2. The van der Waals surface area contributed by atoms with Gasteiger partial charge in [-0.25, -0.2) is 4.98 Å². The normalized spacial score (nSPS) is 14.7. The fourth-order valence-electron chi connectivity index (χ4n) is 3.65. The molecule has 0 bridgehead atoms. The summed E-state index contributed by atoms with van der Waals surface area (Å²) in [6.45, 7) is 6.77. The molecule has 0 saturated carbocycles. The van der Waals surface area contributed by atoms with Crippen LogP contribution in [0.15, 0.2) is 53.9 Å². The molecule has 3 aromatic rings. The Bertz CT molecular complexity index is 990. The van der Waals surface area contributed by atoms with Gasteiger partial charge in [0, 0.05) is 49.4 Å². The maximum atomic E-state index is 12.5. The highest BCUT2D eigenvalue weighted by Gasteiger charge is 2.17. The fraction of sp³-hybridized carbons (Fsp3) is 0.333. The topological polar surface area (TPSA) is 48.5 Å². The zero-order valence-electron chi connectivity index (χ0n) is 17.6. The Balaban J connectivity index is 1.35. The van der Waals surface area contributed by atoms with E-state index in [0.717, 1.165) is 48.0 Å². The number of aryl methyl sites for hydroxylation is 1. The average Bonchev–Trinajstić information content (AvgIpc) is 3.22. The lowest BCUT2D eigenvalue weighted by Gasteiger charge is -2.35. The van der Waals surface area contributed by atoms with Crippen LogP contribution in [0.2, 0.25) is 0 Å². The van der Waals surface area contributed by atoms with Crippen molar-refractivity contribution in [2.24, 2.45) is 0 Å². The third-order valence-corrected chi connectivity index (χ3v) is 6.44. The quantitative estimate of drug-likeness (QED) is 0.660. The number of amides is 1. The molecule has 1 aliphatic rings. The van der Waals surface area contributed by atoms with E-state index < -0.39 is 0 Å². The molecule has 0 radical (unpaired) electrons. The summed E-state index contributed by atoms with van der Waals surface area (Å²) in [7, 11) is 2.16. The van der Waals surface area contributed by atoms with Crippen molar-refractivity contribution < 1.29 is 4.79 Å². The summed E-state index contributed by atoms with van der Waals surface area (Å²) >= 11 is 1.58. The molecular formula is C24H28N4OS. The molecule has 1 saturated heterocycles. The molecular weight excluding hydrogens is 392 g/mol. The Kier molecular flexibility index (Phi) is 6.45. The first-order chi connectivity index (χ1) is 14.6. The summed E-state index contributed by atoms with van der Waals surface area (Å²) in [5.74, 6) is 0.00365. The summed E-state index contributed by atoms with van der Waals surface area (Å²) in [5.41, 5.74) is 5.53. The van der Waals surface area contributed by atoms with E-state index in [4.69, 9.17) is 0 Å². The van der Waals surface area contributed by atoms with Gasteiger partial charge in [0.15, 0.2) is 0 Å². The van der Waals surface area contributed by atoms with Crippen molar-refractivity contribution in [1.29, 1.82) is 0 Å². The standard InChI is InChI=1S/C24H28N4OS/c1-18-7-9-19(10-8-18)24-26-21(17-30-24)15-23(29)25-16-20-5-3-4-6-22(20)28-13-11-27(2)12-14-28/h3-10,17H,11-16H2,1-2H3,(H,25,29). The number of anilines is 1. The lowest BCUT2D eigenvalue weighted by molar-refractivity contribution is -0.120. The molecule has 0 aliphatic carbocycles. The second-order valence-corrected chi connectivity index (χ2v) is 8.74. The van der Waals surface area contributed by atoms with Crippen molar-refractivity contribution >= 4 is 22.9 Å². The van der Waals surface area contributed by atoms with E-state index in [1.54, 1.807) is 11.3 Å². The number of hydrogen-bond donors (Lipinski definition) is 1. The van der Waals surface area contributed by atoms with Gasteiger partial charge in [0.2, 0.25) is 5.91 Å². The van der Waals surface area contributed by atoms with Crippen molar-refractivity contribution in [3.8, 4) is 10.6 Å². The molecule has 4 rings (SSSR count). The lowest BCUT2D eigenvalue weighted by atomic mass is 10.1. The van der Waals surface area contributed by atoms with Crippen LogP contribution in [0.4, 0.5) is 5.69 Å². The molecule has 156 valence electrons. The maximum Gasteiger partial charge on any atom is 0.226 e. The highest BCUT2D eigenvalue weighted by atomic mass is 32.1. The predicted octanol–water partition coefficient (Wildman–Crippen LogP) is 3.73. The maximum absolute atomic E-state index is 12.5. The number of nitrogens with zero attached hydrogens (tertiary/aromatic N) is 3. The zero-order valence-corrected chi connectivity index (χ0v) is 18.4. The monoisotopic (exact) mass is 420 g/mol. The molecule has 0 unspecified atom stereocenters. The molecule has 30 heavy (non-hydrogen) atoms. The van der Waals surface area contributed by atoms with Crippen molar-refractivity contribution in [2.45, 2.75) is 19.9 Å². The van der Waals surface area contributed by atoms with Gasteiger partial charge < -0.3 is 15.1 Å². The Morgan fingerprint density at radius 3 is 2.57 bits per heavy atom. The number of carbonyl (C=O) groups is 1. The molecule has 5 nitrogen and oxygen atoms in total. The van der Waals surface area contributed by atoms with Gasteiger partial charge in [-0.05, 0) is 25.6 Å². The molecule has 0 spiro atoms. The SMILES string of the molecule is Cc1ccc(-c2nc(CC(=O)NCc3ccccc3N3CCN(C)CC3)cs2)cc1. The van der Waals surface area contributed by atoms with Crippen molar-refractivity contribution in [3.05, 3.63) is 70.7 Å². The lowest BCUT2D eigenvalue weighted by Crippen LogP contribution is -2.45. The molecule has 2 heterocycles. The Hall–Kier alpha value is -2.70. The van der Waals surface area contributed by atoms with E-state index >= 15 is 0 Å². The number of thiazole rings is 1. The number of rotatable bonds is 6. The number of hydrogen-bond acceptors (Lipinski definition) is 5. The minimum absolute atomic E-state index is 0.00365. The third kappa shape index (κ3) is 5.07. The molecule has 1 fully saturated rings. The Labute approximate surface area is 182 Å². The summed E-state index contributed by atoms with van der Waals surface area (Å²) in [4.78, 5) is 21.9. The van der Waals surface area contributed by atoms with Crippen LogP contribution in [-0.2, 0) is 17.8 Å². The van der Waals surface area contributed by atoms with E-state index in [1.807, 2.05) is 11.4 Å². The van der Waals surface area contributed by atoms with E-state index in [9.17, 15) is 4.79 Å². The number of para-hydroxylation sites is 1. The van der Waals surface area contributed by atoms with Crippen LogP contribution < -0.4 is 10.2 Å². The van der Waals surface area contributed by atoms with Crippen LogP contribution in [0.5, 0.6) is 0 Å². The van der Waals surface area contributed by atoms with Crippen molar-refractivity contribution in [2.75, 3.05) is 38.1 Å². The van der Waals surface area contributed by atoms with Crippen molar-refractivity contribution in [1.82, 2.24) is 15.2 Å². The van der Waals surface area contributed by atoms with E-state index in [-0.39, 0.29) is 5.91 Å². The van der Waals surface area contributed by atoms with Crippen molar-refractivity contribution in [3.63, 3.8) is 0 Å². The molecule has 6 heteroatoms. The number of piperazine rings is 1. The third-order valence-electron chi connectivity index (χ3n) is 5.50. The molecule has 1 amide bonds. The van der Waals surface area contributed by atoms with Gasteiger partial charge in [-0.2, -0.15) is 0 Å². The predicted molar refractivity (Wildman–Crippen MR) is 124 cm³/mol. The first kappa shape index (κ1) is 20.6. The first-order valence-electron chi connectivity index (χ1n) is 10.4. The van der Waals surface area contributed by atoms with Crippen LogP contribution in [0.1, 0.15) is 16.8 Å². The van der Waals surface area contributed by atoms with Gasteiger partial charge in [-0.1, -0.05) is 48.0 Å². The minimum Gasteiger partial charge on any atom is -0.369 e. The average molecular weight is 421 g/mol. The highest BCUT2D eigenvalue weighted by molar-refractivity contribution is 7.13. The number of nitrogens with one attached hydrogen (secondary N) is 1. The van der Waals surface area contributed by atoms with E-state index in [1.165, 1.54) is 11.3 Å². The summed E-state index contributed by atoms with van der Waals surface area (Å²) < 4.78 is 0. The smallest absolute Gasteiger partial charge is 0.226 e. The highest BCUT2D eigenvalue weighted by Crippen LogP contribution is 2.24. The molecule has 1 aliphatic heterocycles. The molecule has 1 aromatic heterocycles. The molecule has 2 aromatic carbocycles. The number of carbonyl (C=O) groups excluding carboxylic acids is 1. The Morgan fingerprint density at radius 1 is 1.07 bits per heavy atom. The summed E-state index contributed by atoms with van der Waals surface area (Å²) in [5, 5.41) is 6.02. The van der Waals surface area contributed by atoms with Crippen LogP contribution in [-0.4, -0.2) is 49.0 Å². The second kappa shape index (κ2) is 9.41. The van der Waals surface area contributed by atoms with Crippen LogP contribution in [0, 0.1) is 6.92 Å². The molecule has 1 N–H and O–H groups in total. The summed E-state index contributed by atoms with van der Waals surface area (Å²) in [6.07, 6.45) is 0.305. The van der Waals surface area contributed by atoms with E-state index in [2.05, 4.69) is 76.5 Å². The van der Waals surface area contributed by atoms with E-state index in [0.29, 0.717) is 13.0 Å². The summed E-state index contributed by atoms with van der Waals surface area (Å²) in [6, 6.07) is 16.7. The zero-order chi connectivity index (χ0) is 20.9. The van der Waals surface area contributed by atoms with Gasteiger partial charge in [-0.3, -0.25) is 4.79 Å². The first-order valence-corrected chi connectivity index (χ1v) is 11.3. The van der Waals surface area contributed by atoms with Crippen LogP contribution in [0.25, 0.3) is 10.6 Å². The number of likely N-dealkylation sites (N-methyl/N-ethyl adjacent to an activating group) is 1.